The number of unbranched alkanes of at least 4 members (excludes halogenated alkanes) is 1. The second kappa shape index (κ2) is 6.18. The first-order chi connectivity index (χ1) is 7.24. The molecule has 1 nitrogen and oxygen atoms in total. The molecule has 0 bridgehead atoms. The van der Waals surface area contributed by atoms with Crippen molar-refractivity contribution in [2.45, 2.75) is 33.1 Å². The highest BCUT2D eigenvalue weighted by Gasteiger charge is 1.96. The molecule has 1 aromatic rings. The molecule has 1 rings (SSSR count). The predicted molar refractivity (Wildman–Crippen MR) is 64.7 cm³/mol. The van der Waals surface area contributed by atoms with E-state index in [1.807, 2.05) is 24.3 Å². The Hall–Kier alpha value is -1.37. The number of benzene rings is 1. The molecule has 0 fully saturated rings. The van der Waals surface area contributed by atoms with Crippen molar-refractivity contribution in [3.05, 3.63) is 41.5 Å². The second-order valence-corrected chi connectivity index (χ2v) is 3.76. The molecule has 0 aliphatic carbocycles. The van der Waals surface area contributed by atoms with E-state index in [4.69, 9.17) is 0 Å². The van der Waals surface area contributed by atoms with E-state index >= 15 is 0 Å². The van der Waals surface area contributed by atoms with Crippen LogP contribution < -0.4 is 0 Å². The zero-order chi connectivity index (χ0) is 11.1. The standard InChI is InChI=1S/C14H18O/c1-3-4-9-14(15)11-10-13-8-6-5-7-12(13)2/h5-8,10-11H,3-4,9H2,1-2H3/b11-10+. The zero-order valence-corrected chi connectivity index (χ0v) is 9.49. The van der Waals surface area contributed by atoms with E-state index in [1.54, 1.807) is 6.08 Å². The third kappa shape index (κ3) is 4.11. The van der Waals surface area contributed by atoms with Crippen LogP contribution in [0.15, 0.2) is 30.3 Å². The largest absolute Gasteiger partial charge is 0.295 e. The number of carbonyl (C=O) groups is 1. The van der Waals surface area contributed by atoms with Gasteiger partial charge in [0.25, 0.3) is 0 Å². The van der Waals surface area contributed by atoms with Gasteiger partial charge in [-0.1, -0.05) is 43.7 Å². The number of hydrogen-bond acceptors (Lipinski definition) is 1. The highest BCUT2D eigenvalue weighted by atomic mass is 16.1. The van der Waals surface area contributed by atoms with Crippen LogP contribution in [-0.2, 0) is 4.79 Å². The van der Waals surface area contributed by atoms with Gasteiger partial charge in [0.05, 0.1) is 0 Å². The number of allylic oxidation sites excluding steroid dienone is 1. The van der Waals surface area contributed by atoms with Crippen LogP contribution in [0.25, 0.3) is 6.08 Å². The molecule has 1 aromatic carbocycles. The van der Waals surface area contributed by atoms with Gasteiger partial charge in [0.2, 0.25) is 0 Å². The molecule has 0 aromatic heterocycles. The molecule has 1 heteroatoms. The van der Waals surface area contributed by atoms with Crippen LogP contribution in [0.4, 0.5) is 0 Å². The van der Waals surface area contributed by atoms with Crippen LogP contribution in [0.3, 0.4) is 0 Å². The van der Waals surface area contributed by atoms with E-state index in [0.29, 0.717) is 6.42 Å². The Kier molecular flexibility index (Phi) is 4.82. The van der Waals surface area contributed by atoms with Crippen LogP contribution in [0.2, 0.25) is 0 Å². The molecule has 0 aliphatic heterocycles. The van der Waals surface area contributed by atoms with Crippen molar-refractivity contribution in [1.82, 2.24) is 0 Å². The number of ketones is 1. The Morgan fingerprint density at radius 3 is 2.73 bits per heavy atom. The number of carbonyl (C=O) groups excluding carboxylic acids is 1. The maximum atomic E-state index is 11.4. The zero-order valence-electron chi connectivity index (χ0n) is 9.49. The lowest BCUT2D eigenvalue weighted by Gasteiger charge is -1.98. The molecule has 0 saturated carbocycles. The Morgan fingerprint density at radius 2 is 2.07 bits per heavy atom. The van der Waals surface area contributed by atoms with Crippen LogP contribution in [0, 0.1) is 6.92 Å². The molecule has 0 N–H and O–H groups in total. The van der Waals surface area contributed by atoms with Gasteiger partial charge in [-0.05, 0) is 30.5 Å². The minimum absolute atomic E-state index is 0.222. The maximum absolute atomic E-state index is 11.4. The molecule has 0 amide bonds. The number of rotatable bonds is 5. The van der Waals surface area contributed by atoms with Crippen LogP contribution in [-0.4, -0.2) is 5.78 Å². The Labute approximate surface area is 91.8 Å². The van der Waals surface area contributed by atoms with E-state index in [0.717, 1.165) is 18.4 Å². The van der Waals surface area contributed by atoms with Crippen molar-refractivity contribution in [2.24, 2.45) is 0 Å². The van der Waals surface area contributed by atoms with Crippen molar-refractivity contribution in [1.29, 1.82) is 0 Å². The highest BCUT2D eigenvalue weighted by Crippen LogP contribution is 2.09. The van der Waals surface area contributed by atoms with E-state index < -0.39 is 0 Å². The topological polar surface area (TPSA) is 17.1 Å². The SMILES string of the molecule is CCCCC(=O)/C=C/c1ccccc1C. The highest BCUT2D eigenvalue weighted by molar-refractivity contribution is 5.93. The van der Waals surface area contributed by atoms with Gasteiger partial charge in [-0.3, -0.25) is 4.79 Å². The second-order valence-electron chi connectivity index (χ2n) is 3.76. The molecular weight excluding hydrogens is 184 g/mol. The van der Waals surface area contributed by atoms with Gasteiger partial charge in [0, 0.05) is 6.42 Å². The first-order valence-corrected chi connectivity index (χ1v) is 5.50. The fourth-order valence-corrected chi connectivity index (χ4v) is 1.39. The van der Waals surface area contributed by atoms with Gasteiger partial charge in [-0.15, -0.1) is 0 Å². The van der Waals surface area contributed by atoms with Crippen molar-refractivity contribution < 1.29 is 4.79 Å². The van der Waals surface area contributed by atoms with Crippen LogP contribution >= 0.6 is 0 Å². The minimum atomic E-state index is 0.222. The van der Waals surface area contributed by atoms with E-state index in [1.165, 1.54) is 5.56 Å². The van der Waals surface area contributed by atoms with E-state index in [2.05, 4.69) is 19.9 Å². The summed E-state index contributed by atoms with van der Waals surface area (Å²) in [5, 5.41) is 0. The summed E-state index contributed by atoms with van der Waals surface area (Å²) >= 11 is 0. The first kappa shape index (κ1) is 11.7. The first-order valence-electron chi connectivity index (χ1n) is 5.50. The Morgan fingerprint density at radius 1 is 1.33 bits per heavy atom. The smallest absolute Gasteiger partial charge is 0.155 e. The molecule has 15 heavy (non-hydrogen) atoms. The summed E-state index contributed by atoms with van der Waals surface area (Å²) in [7, 11) is 0. The van der Waals surface area contributed by atoms with Crippen molar-refractivity contribution in [2.75, 3.05) is 0 Å². The summed E-state index contributed by atoms with van der Waals surface area (Å²) in [5.41, 5.74) is 2.33. The number of aryl methyl sites for hydroxylation is 1. The molecule has 0 atom stereocenters. The van der Waals surface area contributed by atoms with Crippen molar-refractivity contribution in [3.63, 3.8) is 0 Å². The molecule has 80 valence electrons. The quantitative estimate of drug-likeness (QED) is 0.664. The lowest BCUT2D eigenvalue weighted by Crippen LogP contribution is -1.91. The number of hydrogen-bond donors (Lipinski definition) is 0. The van der Waals surface area contributed by atoms with Crippen molar-refractivity contribution >= 4 is 11.9 Å². The minimum Gasteiger partial charge on any atom is -0.295 e. The summed E-state index contributed by atoms with van der Waals surface area (Å²) < 4.78 is 0. The van der Waals surface area contributed by atoms with Gasteiger partial charge in [-0.25, -0.2) is 0 Å². The van der Waals surface area contributed by atoms with Gasteiger partial charge in [-0.2, -0.15) is 0 Å². The van der Waals surface area contributed by atoms with Crippen LogP contribution in [0.5, 0.6) is 0 Å². The van der Waals surface area contributed by atoms with Crippen LogP contribution in [0.1, 0.15) is 37.3 Å². The molecule has 0 spiro atoms. The lowest BCUT2D eigenvalue weighted by molar-refractivity contribution is -0.114. The average Bonchev–Trinajstić information content (AvgIpc) is 2.25. The summed E-state index contributed by atoms with van der Waals surface area (Å²) in [5.74, 6) is 0.222. The fraction of sp³-hybridized carbons (Fsp3) is 0.357. The Balaban J connectivity index is 2.58. The van der Waals surface area contributed by atoms with E-state index in [-0.39, 0.29) is 5.78 Å². The van der Waals surface area contributed by atoms with Crippen molar-refractivity contribution in [3.8, 4) is 0 Å². The average molecular weight is 202 g/mol. The van der Waals surface area contributed by atoms with Gasteiger partial charge >= 0.3 is 0 Å². The summed E-state index contributed by atoms with van der Waals surface area (Å²) in [6.07, 6.45) is 6.32. The normalized spacial score (nSPS) is 10.8. The predicted octanol–water partition coefficient (Wildman–Crippen LogP) is 3.77. The van der Waals surface area contributed by atoms with Gasteiger partial charge in [0.15, 0.2) is 5.78 Å². The molecular formula is C14H18O. The third-order valence-electron chi connectivity index (χ3n) is 2.41. The fourth-order valence-electron chi connectivity index (χ4n) is 1.39. The lowest BCUT2D eigenvalue weighted by atomic mass is 10.1. The molecule has 0 aliphatic rings. The monoisotopic (exact) mass is 202 g/mol. The summed E-state index contributed by atoms with van der Waals surface area (Å²) in [4.78, 5) is 11.4. The van der Waals surface area contributed by atoms with Gasteiger partial charge in [0.1, 0.15) is 0 Å². The molecule has 0 saturated heterocycles. The maximum Gasteiger partial charge on any atom is 0.155 e. The molecule has 0 radical (unpaired) electrons. The third-order valence-corrected chi connectivity index (χ3v) is 2.41. The van der Waals surface area contributed by atoms with Gasteiger partial charge < -0.3 is 0 Å². The summed E-state index contributed by atoms with van der Waals surface area (Å²) in [6.45, 7) is 4.15. The molecule has 0 unspecified atom stereocenters. The molecule has 0 heterocycles. The van der Waals surface area contributed by atoms with E-state index in [9.17, 15) is 4.79 Å². The summed E-state index contributed by atoms with van der Waals surface area (Å²) in [6, 6.07) is 8.07. The Bertz CT molecular complexity index is 350.